The summed E-state index contributed by atoms with van der Waals surface area (Å²) in [6.07, 6.45) is 3.48. The Kier molecular flexibility index (Phi) is 4.39. The fourth-order valence-corrected chi connectivity index (χ4v) is 4.78. The van der Waals surface area contributed by atoms with Gasteiger partial charge >= 0.3 is 5.97 Å². The number of allylic oxidation sites excluding steroid dienone is 1. The maximum absolute atomic E-state index is 12.7. The fraction of sp³-hybridized carbons (Fsp3) is 0.400. The summed E-state index contributed by atoms with van der Waals surface area (Å²) >= 11 is 4.81. The van der Waals surface area contributed by atoms with E-state index in [1.807, 2.05) is 12.1 Å². The van der Waals surface area contributed by atoms with Crippen molar-refractivity contribution >= 4 is 45.1 Å². The van der Waals surface area contributed by atoms with Gasteiger partial charge in [-0.3, -0.25) is 24.6 Å². The van der Waals surface area contributed by atoms with Crippen LogP contribution in [0, 0.1) is 11.8 Å². The Morgan fingerprint density at radius 3 is 2.65 bits per heavy atom. The van der Waals surface area contributed by atoms with E-state index in [4.69, 9.17) is 0 Å². The number of hydrogen-bond donors (Lipinski definition) is 2. The minimum Gasteiger partial charge on any atom is -0.480 e. The number of amides is 2. The van der Waals surface area contributed by atoms with E-state index >= 15 is 0 Å². The molecule has 3 rings (SSSR count). The number of rotatable bonds is 4. The minimum atomic E-state index is -1.10. The van der Waals surface area contributed by atoms with Gasteiger partial charge < -0.3 is 5.11 Å². The highest BCUT2D eigenvalue weighted by Gasteiger charge is 2.60. The molecule has 2 aliphatic rings. The average molecular weight is 399 g/mol. The molecule has 0 aliphatic carbocycles. The molecule has 2 amide bonds. The maximum atomic E-state index is 12.7. The summed E-state index contributed by atoms with van der Waals surface area (Å²) in [5, 5.41) is 12.4. The molecule has 4 atom stereocenters. The van der Waals surface area contributed by atoms with Crippen LogP contribution in [0.15, 0.2) is 28.1 Å². The Morgan fingerprint density at radius 1 is 1.39 bits per heavy atom. The lowest BCUT2D eigenvalue weighted by Gasteiger charge is -2.19. The van der Waals surface area contributed by atoms with E-state index in [1.54, 1.807) is 19.1 Å². The highest BCUT2D eigenvalue weighted by Crippen LogP contribution is 2.45. The average Bonchev–Trinajstić information content (AvgIpc) is 3.15. The number of carboxylic acids is 1. The molecule has 0 aromatic carbocycles. The van der Waals surface area contributed by atoms with Gasteiger partial charge in [0, 0.05) is 11.4 Å². The Bertz CT molecular complexity index is 701. The molecule has 4 unspecified atom stereocenters. The highest BCUT2D eigenvalue weighted by molar-refractivity contribution is 9.11. The first kappa shape index (κ1) is 16.4. The van der Waals surface area contributed by atoms with Crippen molar-refractivity contribution in [1.29, 1.82) is 0 Å². The zero-order chi connectivity index (χ0) is 16.7. The van der Waals surface area contributed by atoms with Gasteiger partial charge in [-0.1, -0.05) is 12.2 Å². The summed E-state index contributed by atoms with van der Waals surface area (Å²) in [5.41, 5.74) is 0. The Balaban J connectivity index is 1.98. The van der Waals surface area contributed by atoms with Crippen LogP contribution in [-0.4, -0.2) is 40.4 Å². The van der Waals surface area contributed by atoms with Crippen LogP contribution in [0.2, 0.25) is 0 Å². The molecule has 0 bridgehead atoms. The predicted molar refractivity (Wildman–Crippen MR) is 87.8 cm³/mol. The van der Waals surface area contributed by atoms with Crippen molar-refractivity contribution in [2.75, 3.05) is 6.54 Å². The normalized spacial score (nSPS) is 30.4. The lowest BCUT2D eigenvalue weighted by Crippen LogP contribution is -2.43. The van der Waals surface area contributed by atoms with Crippen LogP contribution in [0.5, 0.6) is 0 Å². The molecule has 6 nitrogen and oxygen atoms in total. The van der Waals surface area contributed by atoms with Gasteiger partial charge in [-0.15, -0.1) is 11.3 Å². The lowest BCUT2D eigenvalue weighted by molar-refractivity contribution is -0.145. The number of thiophene rings is 1. The number of nitrogens with zero attached hydrogens (tertiary/aromatic N) is 1. The van der Waals surface area contributed by atoms with Crippen LogP contribution in [0.3, 0.4) is 0 Å². The maximum Gasteiger partial charge on any atom is 0.321 e. The smallest absolute Gasteiger partial charge is 0.321 e. The molecule has 0 spiro atoms. The molecule has 23 heavy (non-hydrogen) atoms. The number of likely N-dealkylation sites (tertiary alicyclic amines) is 1. The number of nitrogens with one attached hydrogen (secondary N) is 1. The SMILES string of the molecule is CC=CCN1C(=O)C2C(C(=O)O)NC(c3ccc(Br)s3)C2C1=O. The molecule has 1 aromatic heterocycles. The minimum absolute atomic E-state index is 0.189. The molecule has 0 radical (unpaired) electrons. The van der Waals surface area contributed by atoms with Crippen LogP contribution >= 0.6 is 27.3 Å². The number of hydrogen-bond acceptors (Lipinski definition) is 5. The van der Waals surface area contributed by atoms with Gasteiger partial charge in [-0.25, -0.2) is 0 Å². The van der Waals surface area contributed by atoms with Gasteiger partial charge in [0.05, 0.1) is 21.7 Å². The molecule has 2 saturated heterocycles. The number of carbonyl (C=O) groups excluding carboxylic acids is 2. The number of halogens is 1. The lowest BCUT2D eigenvalue weighted by atomic mass is 9.89. The summed E-state index contributed by atoms with van der Waals surface area (Å²) in [6.45, 7) is 1.99. The number of carboxylic acid groups (broad SMARTS) is 1. The number of carbonyl (C=O) groups is 3. The third-order valence-electron chi connectivity index (χ3n) is 4.26. The number of fused-ring (bicyclic) bond motifs is 1. The van der Waals surface area contributed by atoms with E-state index < -0.39 is 35.8 Å². The molecule has 2 fully saturated rings. The van der Waals surface area contributed by atoms with Crippen molar-refractivity contribution in [2.45, 2.75) is 19.0 Å². The van der Waals surface area contributed by atoms with E-state index in [2.05, 4.69) is 21.2 Å². The van der Waals surface area contributed by atoms with Crippen molar-refractivity contribution < 1.29 is 19.5 Å². The molecule has 0 saturated carbocycles. The molecule has 2 aliphatic heterocycles. The van der Waals surface area contributed by atoms with Gasteiger partial charge in [-0.05, 0) is 35.0 Å². The van der Waals surface area contributed by atoms with E-state index in [0.29, 0.717) is 0 Å². The van der Waals surface area contributed by atoms with Crippen molar-refractivity contribution in [2.24, 2.45) is 11.8 Å². The van der Waals surface area contributed by atoms with Crippen LogP contribution in [0.25, 0.3) is 0 Å². The van der Waals surface area contributed by atoms with Crippen molar-refractivity contribution in [1.82, 2.24) is 10.2 Å². The topological polar surface area (TPSA) is 86.7 Å². The van der Waals surface area contributed by atoms with Gasteiger partial charge in [0.25, 0.3) is 0 Å². The van der Waals surface area contributed by atoms with Crippen molar-refractivity contribution in [3.8, 4) is 0 Å². The third-order valence-corrected chi connectivity index (χ3v) is 5.96. The van der Waals surface area contributed by atoms with Gasteiger partial charge in [0.1, 0.15) is 6.04 Å². The second-order valence-corrected chi connectivity index (χ2v) is 8.00. The first-order chi connectivity index (χ1) is 11.0. The number of imide groups is 1. The van der Waals surface area contributed by atoms with Crippen LogP contribution in [0.1, 0.15) is 17.8 Å². The van der Waals surface area contributed by atoms with E-state index in [1.165, 1.54) is 16.2 Å². The standard InChI is InChI=1S/C15H15BrN2O4S/c1-2-3-6-18-13(19)9-10(14(18)20)12(15(21)22)17-11(9)7-4-5-8(16)23-7/h2-5,9-12,17H,6H2,1H3,(H,21,22). The second kappa shape index (κ2) is 6.18. The van der Waals surface area contributed by atoms with E-state index in [-0.39, 0.29) is 12.5 Å². The molecule has 2 N–H and O–H groups in total. The van der Waals surface area contributed by atoms with Crippen LogP contribution < -0.4 is 5.32 Å². The van der Waals surface area contributed by atoms with Gasteiger partial charge in [-0.2, -0.15) is 0 Å². The number of aliphatic carboxylic acids is 1. The summed E-state index contributed by atoms with van der Waals surface area (Å²) in [6, 6.07) is 2.20. The van der Waals surface area contributed by atoms with Crippen LogP contribution in [0.4, 0.5) is 0 Å². The second-order valence-electron chi connectivity index (χ2n) is 5.51. The van der Waals surface area contributed by atoms with Crippen molar-refractivity contribution in [3.63, 3.8) is 0 Å². The van der Waals surface area contributed by atoms with E-state index in [9.17, 15) is 19.5 Å². The molecular formula is C15H15BrN2O4S. The third kappa shape index (κ3) is 2.64. The van der Waals surface area contributed by atoms with Gasteiger partial charge in [0.15, 0.2) is 0 Å². The van der Waals surface area contributed by atoms with Crippen LogP contribution in [-0.2, 0) is 14.4 Å². The molecule has 1 aromatic rings. The monoisotopic (exact) mass is 398 g/mol. The zero-order valence-electron chi connectivity index (χ0n) is 12.2. The summed E-state index contributed by atoms with van der Waals surface area (Å²) in [5.74, 6) is -3.33. The first-order valence-corrected chi connectivity index (χ1v) is 8.77. The summed E-state index contributed by atoms with van der Waals surface area (Å²) in [7, 11) is 0. The zero-order valence-corrected chi connectivity index (χ0v) is 14.6. The quantitative estimate of drug-likeness (QED) is 0.596. The van der Waals surface area contributed by atoms with Crippen molar-refractivity contribution in [3.05, 3.63) is 32.9 Å². The molecule has 8 heteroatoms. The summed E-state index contributed by atoms with van der Waals surface area (Å²) in [4.78, 5) is 38.8. The van der Waals surface area contributed by atoms with Gasteiger partial charge in [0.2, 0.25) is 11.8 Å². The molecule has 3 heterocycles. The Labute approximate surface area is 145 Å². The fourth-order valence-electron chi connectivity index (χ4n) is 3.25. The Morgan fingerprint density at radius 2 is 2.09 bits per heavy atom. The summed E-state index contributed by atoms with van der Waals surface area (Å²) < 4.78 is 0.896. The predicted octanol–water partition coefficient (Wildman–Crippen LogP) is 1.79. The largest absolute Gasteiger partial charge is 0.480 e. The highest BCUT2D eigenvalue weighted by atomic mass is 79.9. The molecule has 122 valence electrons. The Hall–Kier alpha value is -1.51. The molecular weight excluding hydrogens is 384 g/mol. The first-order valence-electron chi connectivity index (χ1n) is 7.16. The van der Waals surface area contributed by atoms with E-state index in [0.717, 1.165) is 8.66 Å².